The zero-order valence-electron chi connectivity index (χ0n) is 15.5. The molecule has 2 aromatic carbocycles. The Morgan fingerprint density at radius 3 is 2.79 bits per heavy atom. The number of H-pyrrole nitrogens is 1. The molecular formula is C22H19N5O. The number of imidazole rings is 1. The lowest BCUT2D eigenvalue weighted by Gasteiger charge is -2.11. The fourth-order valence-corrected chi connectivity index (χ4v) is 3.53. The van der Waals surface area contributed by atoms with E-state index in [1.807, 2.05) is 49.9 Å². The molecular weight excluding hydrogens is 350 g/mol. The van der Waals surface area contributed by atoms with Gasteiger partial charge in [0, 0.05) is 29.3 Å². The van der Waals surface area contributed by atoms with Crippen molar-refractivity contribution in [3.8, 4) is 22.5 Å². The van der Waals surface area contributed by atoms with Gasteiger partial charge in [0.05, 0.1) is 29.6 Å². The van der Waals surface area contributed by atoms with Crippen LogP contribution in [0.15, 0.2) is 71.8 Å². The van der Waals surface area contributed by atoms with Crippen LogP contribution in [0.4, 0.5) is 0 Å². The fourth-order valence-electron chi connectivity index (χ4n) is 3.53. The van der Waals surface area contributed by atoms with Gasteiger partial charge in [-0.2, -0.15) is 5.10 Å². The molecule has 0 atom stereocenters. The van der Waals surface area contributed by atoms with Crippen molar-refractivity contribution in [1.29, 1.82) is 0 Å². The maximum atomic E-state index is 5.38. The maximum absolute atomic E-state index is 5.38. The van der Waals surface area contributed by atoms with Crippen LogP contribution >= 0.6 is 0 Å². The number of nitrogens with zero attached hydrogens (tertiary/aromatic N) is 4. The Morgan fingerprint density at radius 2 is 1.96 bits per heavy atom. The predicted molar refractivity (Wildman–Crippen MR) is 108 cm³/mol. The van der Waals surface area contributed by atoms with E-state index in [4.69, 9.17) is 9.51 Å². The van der Waals surface area contributed by atoms with Gasteiger partial charge in [-0.05, 0) is 37.1 Å². The van der Waals surface area contributed by atoms with Gasteiger partial charge < -0.3 is 9.09 Å². The van der Waals surface area contributed by atoms with Crippen molar-refractivity contribution >= 4 is 11.0 Å². The van der Waals surface area contributed by atoms with Crippen LogP contribution in [0.1, 0.15) is 11.3 Å². The van der Waals surface area contributed by atoms with Crippen molar-refractivity contribution in [3.63, 3.8) is 0 Å². The van der Waals surface area contributed by atoms with Crippen LogP contribution in [-0.4, -0.2) is 24.9 Å². The summed E-state index contributed by atoms with van der Waals surface area (Å²) in [5, 5.41) is 12.0. The number of aryl methyl sites for hydroxylation is 3. The lowest BCUT2D eigenvalue weighted by Crippen LogP contribution is -2.02. The van der Waals surface area contributed by atoms with E-state index in [-0.39, 0.29) is 0 Å². The van der Waals surface area contributed by atoms with Gasteiger partial charge in [-0.3, -0.25) is 5.10 Å². The highest BCUT2D eigenvalue weighted by molar-refractivity contribution is 5.87. The molecule has 0 unspecified atom stereocenters. The predicted octanol–water partition coefficient (Wildman–Crippen LogP) is 4.63. The van der Waals surface area contributed by atoms with Crippen LogP contribution in [0, 0.1) is 6.92 Å². The van der Waals surface area contributed by atoms with E-state index in [1.54, 1.807) is 0 Å². The van der Waals surface area contributed by atoms with Crippen molar-refractivity contribution in [1.82, 2.24) is 24.9 Å². The number of nitrogens with one attached hydrogen (secondary N) is 1. The lowest BCUT2D eigenvalue weighted by molar-refractivity contribution is 0.450. The molecule has 0 fully saturated rings. The summed E-state index contributed by atoms with van der Waals surface area (Å²) < 4.78 is 7.59. The van der Waals surface area contributed by atoms with Crippen molar-refractivity contribution in [2.24, 2.45) is 0 Å². The second-order valence-corrected chi connectivity index (χ2v) is 6.84. The number of aromatic amines is 1. The number of hydrogen-bond donors (Lipinski definition) is 1. The molecule has 0 aliphatic heterocycles. The van der Waals surface area contributed by atoms with Crippen LogP contribution < -0.4 is 0 Å². The summed E-state index contributed by atoms with van der Waals surface area (Å²) in [7, 11) is 0. The summed E-state index contributed by atoms with van der Waals surface area (Å²) in [5.74, 6) is 0. The third-order valence-corrected chi connectivity index (χ3v) is 5.00. The molecule has 0 saturated heterocycles. The normalized spacial score (nSPS) is 11.3. The molecule has 3 heterocycles. The minimum Gasteiger partial charge on any atom is -0.356 e. The van der Waals surface area contributed by atoms with Gasteiger partial charge in [0.25, 0.3) is 0 Å². The average Bonchev–Trinajstić information content (AvgIpc) is 3.47. The Hall–Kier alpha value is -3.67. The highest BCUT2D eigenvalue weighted by Gasteiger charge is 2.17. The van der Waals surface area contributed by atoms with E-state index in [2.05, 4.69) is 44.2 Å². The van der Waals surface area contributed by atoms with E-state index < -0.39 is 0 Å². The smallest absolute Gasteiger partial charge is 0.167 e. The maximum Gasteiger partial charge on any atom is 0.167 e. The van der Waals surface area contributed by atoms with Gasteiger partial charge in [-0.15, -0.1) is 0 Å². The second kappa shape index (κ2) is 6.81. The molecule has 1 N–H and O–H groups in total. The van der Waals surface area contributed by atoms with Crippen LogP contribution in [0.5, 0.6) is 0 Å². The first-order valence-corrected chi connectivity index (χ1v) is 9.24. The molecule has 5 rings (SSSR count). The molecule has 0 amide bonds. The minimum absolute atomic E-state index is 0.798. The van der Waals surface area contributed by atoms with E-state index in [0.717, 1.165) is 52.1 Å². The Kier molecular flexibility index (Phi) is 4.01. The van der Waals surface area contributed by atoms with E-state index in [9.17, 15) is 0 Å². The summed E-state index contributed by atoms with van der Waals surface area (Å²) in [6.07, 6.45) is 6.59. The molecule has 0 spiro atoms. The third kappa shape index (κ3) is 2.89. The Balaban J connectivity index is 1.63. The second-order valence-electron chi connectivity index (χ2n) is 6.84. The standard InChI is InChI=1S/C22H19N5O/c1-15-19-11-18(7-8-20(19)28-26-15)22-21(17-5-3-2-4-6-17)23-14-27(22)10-9-16-12-24-25-13-16/h2-8,11-14H,9-10H2,1H3,(H,24,25). The summed E-state index contributed by atoms with van der Waals surface area (Å²) in [5.41, 5.74) is 7.13. The SMILES string of the molecule is Cc1noc2ccc(-c3c(-c4ccccc4)ncn3CCc3cn[nH]c3)cc12. The monoisotopic (exact) mass is 369 g/mol. The topological polar surface area (TPSA) is 72.5 Å². The van der Waals surface area contributed by atoms with Crippen LogP contribution in [0.3, 0.4) is 0 Å². The summed E-state index contributed by atoms with van der Waals surface area (Å²) in [4.78, 5) is 4.75. The van der Waals surface area contributed by atoms with Gasteiger partial charge >= 0.3 is 0 Å². The summed E-state index contributed by atoms with van der Waals surface area (Å²) >= 11 is 0. The van der Waals surface area contributed by atoms with Gasteiger partial charge in [0.2, 0.25) is 0 Å². The van der Waals surface area contributed by atoms with Crippen molar-refractivity contribution in [3.05, 3.63) is 78.5 Å². The van der Waals surface area contributed by atoms with E-state index in [0.29, 0.717) is 0 Å². The quantitative estimate of drug-likeness (QED) is 0.490. The molecule has 3 aromatic heterocycles. The molecule has 5 aromatic rings. The zero-order valence-corrected chi connectivity index (χ0v) is 15.5. The number of hydrogen-bond acceptors (Lipinski definition) is 4. The van der Waals surface area contributed by atoms with Crippen molar-refractivity contribution in [2.75, 3.05) is 0 Å². The number of fused-ring (bicyclic) bond motifs is 1. The molecule has 0 radical (unpaired) electrons. The Labute approximate surface area is 161 Å². The largest absolute Gasteiger partial charge is 0.356 e. The highest BCUT2D eigenvalue weighted by atomic mass is 16.5. The number of benzene rings is 2. The zero-order chi connectivity index (χ0) is 18.9. The van der Waals surface area contributed by atoms with Crippen LogP contribution in [0.2, 0.25) is 0 Å². The van der Waals surface area contributed by atoms with Crippen LogP contribution in [0.25, 0.3) is 33.5 Å². The van der Waals surface area contributed by atoms with Gasteiger partial charge in [0.15, 0.2) is 5.58 Å². The molecule has 6 heteroatoms. The van der Waals surface area contributed by atoms with Crippen LogP contribution in [-0.2, 0) is 13.0 Å². The molecule has 0 bridgehead atoms. The molecule has 0 aliphatic rings. The minimum atomic E-state index is 0.798. The molecule has 0 saturated carbocycles. The third-order valence-electron chi connectivity index (χ3n) is 5.00. The van der Waals surface area contributed by atoms with Crippen molar-refractivity contribution < 1.29 is 4.52 Å². The Bertz CT molecular complexity index is 1220. The first-order chi connectivity index (χ1) is 13.8. The molecule has 28 heavy (non-hydrogen) atoms. The van der Waals surface area contributed by atoms with Gasteiger partial charge in [0.1, 0.15) is 0 Å². The number of aromatic nitrogens is 5. The highest BCUT2D eigenvalue weighted by Crippen LogP contribution is 2.33. The fraction of sp³-hybridized carbons (Fsp3) is 0.136. The van der Waals surface area contributed by atoms with Gasteiger partial charge in [-0.25, -0.2) is 4.98 Å². The van der Waals surface area contributed by atoms with Gasteiger partial charge in [-0.1, -0.05) is 35.5 Å². The lowest BCUT2D eigenvalue weighted by atomic mass is 10.0. The summed E-state index contributed by atoms with van der Waals surface area (Å²) in [6, 6.07) is 16.5. The Morgan fingerprint density at radius 1 is 1.07 bits per heavy atom. The average molecular weight is 369 g/mol. The number of rotatable bonds is 5. The molecule has 6 nitrogen and oxygen atoms in total. The van der Waals surface area contributed by atoms with E-state index in [1.165, 1.54) is 5.56 Å². The first kappa shape index (κ1) is 16.5. The molecule has 0 aliphatic carbocycles. The van der Waals surface area contributed by atoms with E-state index >= 15 is 0 Å². The van der Waals surface area contributed by atoms with Crippen molar-refractivity contribution in [2.45, 2.75) is 19.9 Å². The summed E-state index contributed by atoms with van der Waals surface area (Å²) in [6.45, 7) is 2.78. The molecule has 138 valence electrons. The first-order valence-electron chi connectivity index (χ1n) is 9.24.